The van der Waals surface area contributed by atoms with Gasteiger partial charge in [0.2, 0.25) is 5.91 Å². The number of benzene rings is 3. The third kappa shape index (κ3) is 5.67. The second kappa shape index (κ2) is 11.6. The number of carbonyl (C=O) groups is 3. The molecule has 1 aliphatic rings. The van der Waals surface area contributed by atoms with Crippen LogP contribution in [0.3, 0.4) is 0 Å². The molecule has 0 spiro atoms. The highest BCUT2D eigenvalue weighted by molar-refractivity contribution is 6.05. The molecular weight excluding hydrogens is 486 g/mol. The first-order valence-corrected chi connectivity index (χ1v) is 12.1. The van der Waals surface area contributed by atoms with Gasteiger partial charge >= 0.3 is 11.9 Å². The second-order valence-electron chi connectivity index (χ2n) is 8.91. The summed E-state index contributed by atoms with van der Waals surface area (Å²) in [5.74, 6) is -1.27. The second-order valence-corrected chi connectivity index (χ2v) is 8.91. The van der Waals surface area contributed by atoms with Gasteiger partial charge in [-0.15, -0.1) is 0 Å². The highest BCUT2D eigenvalue weighted by Crippen LogP contribution is 2.35. The lowest BCUT2D eigenvalue weighted by Gasteiger charge is -2.26. The zero-order valence-electron chi connectivity index (χ0n) is 21.2. The van der Waals surface area contributed by atoms with Crippen LogP contribution in [-0.2, 0) is 19.1 Å². The Kier molecular flexibility index (Phi) is 8.06. The standard InChI is InChI=1S/C29H29N3O6/c1-36-26(33)16-21-15-22(32(28(21)34)25-6-4-3-5-24(25)29(35)37-2)17-38-23-13-11-19(12-14-23)18-7-9-20(10-8-18)27(30)31/h3-14,21-22H,15-17H2,1-2H3,(H3,30,31)/t21-,22-/m0/s1. The number of rotatable bonds is 9. The van der Waals surface area contributed by atoms with E-state index in [1.165, 1.54) is 19.1 Å². The van der Waals surface area contributed by atoms with Crippen LogP contribution in [0.25, 0.3) is 11.1 Å². The summed E-state index contributed by atoms with van der Waals surface area (Å²) < 4.78 is 15.8. The van der Waals surface area contributed by atoms with Crippen molar-refractivity contribution in [2.45, 2.75) is 18.9 Å². The smallest absolute Gasteiger partial charge is 0.339 e. The van der Waals surface area contributed by atoms with E-state index in [0.29, 0.717) is 23.4 Å². The molecule has 2 atom stereocenters. The van der Waals surface area contributed by atoms with Gasteiger partial charge in [0.05, 0.1) is 43.9 Å². The van der Waals surface area contributed by atoms with Crippen molar-refractivity contribution in [3.63, 3.8) is 0 Å². The van der Waals surface area contributed by atoms with Crippen molar-refractivity contribution in [1.82, 2.24) is 0 Å². The first kappa shape index (κ1) is 26.4. The van der Waals surface area contributed by atoms with Crippen LogP contribution in [0.2, 0.25) is 0 Å². The highest BCUT2D eigenvalue weighted by atomic mass is 16.5. The van der Waals surface area contributed by atoms with Crippen molar-refractivity contribution < 1.29 is 28.6 Å². The Morgan fingerprint density at radius 3 is 2.18 bits per heavy atom. The molecular formula is C29H29N3O6. The summed E-state index contributed by atoms with van der Waals surface area (Å²) in [7, 11) is 2.57. The number of amidine groups is 1. The van der Waals surface area contributed by atoms with Gasteiger partial charge in [-0.2, -0.15) is 0 Å². The van der Waals surface area contributed by atoms with Gasteiger partial charge < -0.3 is 24.8 Å². The van der Waals surface area contributed by atoms with E-state index in [9.17, 15) is 14.4 Å². The molecule has 0 unspecified atom stereocenters. The Balaban J connectivity index is 1.53. The number of anilines is 1. The van der Waals surface area contributed by atoms with E-state index in [1.807, 2.05) is 36.4 Å². The zero-order valence-corrected chi connectivity index (χ0v) is 21.2. The molecule has 0 aromatic heterocycles. The molecule has 4 rings (SSSR count). The summed E-state index contributed by atoms with van der Waals surface area (Å²) in [6, 6.07) is 21.2. The molecule has 0 saturated carbocycles. The first-order chi connectivity index (χ1) is 18.3. The molecule has 1 amide bonds. The molecule has 1 heterocycles. The lowest BCUT2D eigenvalue weighted by atomic mass is 10.0. The van der Waals surface area contributed by atoms with Crippen molar-refractivity contribution >= 4 is 29.4 Å². The first-order valence-electron chi connectivity index (χ1n) is 12.1. The van der Waals surface area contributed by atoms with Gasteiger partial charge in [0.1, 0.15) is 18.2 Å². The fourth-order valence-electron chi connectivity index (χ4n) is 4.57. The van der Waals surface area contributed by atoms with Crippen LogP contribution in [0.1, 0.15) is 28.8 Å². The number of ether oxygens (including phenoxy) is 3. The fourth-order valence-corrected chi connectivity index (χ4v) is 4.57. The normalized spacial score (nSPS) is 16.7. The van der Waals surface area contributed by atoms with E-state index in [-0.39, 0.29) is 30.3 Å². The number of nitrogens with two attached hydrogens (primary N) is 1. The molecule has 38 heavy (non-hydrogen) atoms. The Morgan fingerprint density at radius 1 is 0.947 bits per heavy atom. The monoisotopic (exact) mass is 515 g/mol. The van der Waals surface area contributed by atoms with Crippen LogP contribution < -0.4 is 15.4 Å². The maximum Gasteiger partial charge on any atom is 0.339 e. The van der Waals surface area contributed by atoms with Crippen molar-refractivity contribution in [3.05, 3.63) is 83.9 Å². The van der Waals surface area contributed by atoms with Gasteiger partial charge in [0.25, 0.3) is 0 Å². The van der Waals surface area contributed by atoms with Crippen LogP contribution in [0.5, 0.6) is 5.75 Å². The third-order valence-corrected chi connectivity index (χ3v) is 6.54. The molecule has 3 aromatic carbocycles. The number of para-hydroxylation sites is 1. The minimum atomic E-state index is -0.595. The van der Waals surface area contributed by atoms with E-state index >= 15 is 0 Å². The molecule has 0 aliphatic carbocycles. The van der Waals surface area contributed by atoms with Gasteiger partial charge in [0.15, 0.2) is 0 Å². The molecule has 1 aliphatic heterocycles. The highest BCUT2D eigenvalue weighted by Gasteiger charge is 2.43. The Hall–Kier alpha value is -4.66. The van der Waals surface area contributed by atoms with Gasteiger partial charge in [-0.05, 0) is 41.8 Å². The van der Waals surface area contributed by atoms with E-state index in [1.54, 1.807) is 36.4 Å². The molecule has 1 saturated heterocycles. The van der Waals surface area contributed by atoms with Crippen molar-refractivity contribution in [3.8, 4) is 16.9 Å². The van der Waals surface area contributed by atoms with E-state index in [0.717, 1.165) is 11.1 Å². The van der Waals surface area contributed by atoms with Crippen LogP contribution in [-0.4, -0.2) is 50.5 Å². The fraction of sp³-hybridized carbons (Fsp3) is 0.241. The number of nitrogens with one attached hydrogen (secondary N) is 1. The van der Waals surface area contributed by atoms with Crippen molar-refractivity contribution in [2.75, 3.05) is 25.7 Å². The zero-order chi connectivity index (χ0) is 27.2. The van der Waals surface area contributed by atoms with Crippen LogP contribution in [0, 0.1) is 11.3 Å². The number of nitrogen functional groups attached to an aromatic ring is 1. The third-order valence-electron chi connectivity index (χ3n) is 6.54. The molecule has 3 aromatic rings. The summed E-state index contributed by atoms with van der Waals surface area (Å²) in [6.45, 7) is 0.158. The molecule has 9 nitrogen and oxygen atoms in total. The molecule has 1 fully saturated rings. The quantitative estimate of drug-likeness (QED) is 0.252. The van der Waals surface area contributed by atoms with E-state index < -0.39 is 23.9 Å². The maximum atomic E-state index is 13.4. The lowest BCUT2D eigenvalue weighted by molar-refractivity contribution is -0.143. The minimum Gasteiger partial charge on any atom is -0.491 e. The predicted molar refractivity (Wildman–Crippen MR) is 142 cm³/mol. The van der Waals surface area contributed by atoms with E-state index in [2.05, 4.69) is 0 Å². The average molecular weight is 516 g/mol. The lowest BCUT2D eigenvalue weighted by Crippen LogP contribution is -2.38. The summed E-state index contributed by atoms with van der Waals surface area (Å²) in [6.07, 6.45) is 0.309. The summed E-state index contributed by atoms with van der Waals surface area (Å²) >= 11 is 0. The number of hydrogen-bond acceptors (Lipinski definition) is 7. The Morgan fingerprint density at radius 2 is 1.58 bits per heavy atom. The van der Waals surface area contributed by atoms with Gasteiger partial charge in [-0.25, -0.2) is 4.79 Å². The maximum absolute atomic E-state index is 13.4. The number of carbonyl (C=O) groups excluding carboxylic acids is 3. The topological polar surface area (TPSA) is 132 Å². The SMILES string of the molecule is COC(=O)C[C@@H]1C[C@@H](COc2ccc(-c3ccc(C(=N)N)cc3)cc2)N(c2ccccc2C(=O)OC)C1=O. The van der Waals surface area contributed by atoms with Gasteiger partial charge in [-0.1, -0.05) is 48.5 Å². The molecule has 0 bridgehead atoms. The number of hydrogen-bond donors (Lipinski definition) is 2. The Labute approximate surface area is 220 Å². The van der Waals surface area contributed by atoms with Crippen LogP contribution >= 0.6 is 0 Å². The average Bonchev–Trinajstić information content (AvgIpc) is 3.25. The van der Waals surface area contributed by atoms with Gasteiger partial charge in [-0.3, -0.25) is 15.0 Å². The summed E-state index contributed by atoms with van der Waals surface area (Å²) in [4.78, 5) is 39.3. The number of methoxy groups -OCH3 is 2. The largest absolute Gasteiger partial charge is 0.491 e. The van der Waals surface area contributed by atoms with Gasteiger partial charge in [0, 0.05) is 5.56 Å². The molecule has 0 radical (unpaired) electrons. The van der Waals surface area contributed by atoms with Crippen LogP contribution in [0.4, 0.5) is 5.69 Å². The number of esters is 2. The molecule has 196 valence electrons. The number of amides is 1. The molecule has 9 heteroatoms. The summed E-state index contributed by atoms with van der Waals surface area (Å²) in [5.41, 5.74) is 8.79. The minimum absolute atomic E-state index is 0.0165. The predicted octanol–water partition coefficient (Wildman–Crippen LogP) is 3.79. The van der Waals surface area contributed by atoms with E-state index in [4.69, 9.17) is 25.4 Å². The number of nitrogens with zero attached hydrogens (tertiary/aromatic N) is 1. The van der Waals surface area contributed by atoms with Crippen molar-refractivity contribution in [1.29, 1.82) is 5.41 Å². The molecule has 3 N–H and O–H groups in total. The Bertz CT molecular complexity index is 1340. The van der Waals surface area contributed by atoms with Crippen molar-refractivity contribution in [2.24, 2.45) is 11.7 Å². The summed E-state index contributed by atoms with van der Waals surface area (Å²) in [5, 5.41) is 7.53. The van der Waals surface area contributed by atoms with Crippen LogP contribution in [0.15, 0.2) is 72.8 Å².